The summed E-state index contributed by atoms with van der Waals surface area (Å²) in [7, 11) is 0. The van der Waals surface area contributed by atoms with Gasteiger partial charge in [-0.2, -0.15) is 0 Å². The lowest BCUT2D eigenvalue weighted by molar-refractivity contribution is 0.438. The molecule has 1 aromatic heterocycles. The summed E-state index contributed by atoms with van der Waals surface area (Å²) >= 11 is 1.88. The van der Waals surface area contributed by atoms with E-state index >= 15 is 0 Å². The third-order valence-corrected chi connectivity index (χ3v) is 12.9. The van der Waals surface area contributed by atoms with Crippen molar-refractivity contribution in [3.63, 3.8) is 0 Å². The second kappa shape index (κ2) is 11.2. The zero-order chi connectivity index (χ0) is 35.4. The summed E-state index contributed by atoms with van der Waals surface area (Å²) < 4.78 is 9.57. The molecule has 0 saturated carbocycles. The average Bonchev–Trinajstić information content (AvgIpc) is 3.73. The first-order chi connectivity index (χ1) is 26.7. The lowest BCUT2D eigenvalue weighted by Crippen LogP contribution is -2.32. The van der Waals surface area contributed by atoms with E-state index in [2.05, 4.69) is 187 Å². The number of fused-ring (bicyclic) bond motifs is 14. The molecule has 1 spiro atoms. The van der Waals surface area contributed by atoms with Crippen molar-refractivity contribution in [1.82, 2.24) is 0 Å². The normalized spacial score (nSPS) is 13.5. The van der Waals surface area contributed by atoms with Gasteiger partial charge in [-0.15, -0.1) is 11.3 Å². The van der Waals surface area contributed by atoms with Crippen LogP contribution < -0.4 is 10.1 Å². The van der Waals surface area contributed by atoms with Crippen molar-refractivity contribution in [1.29, 1.82) is 0 Å². The van der Waals surface area contributed by atoms with Gasteiger partial charge in [0, 0.05) is 42.6 Å². The van der Waals surface area contributed by atoms with E-state index in [1.165, 1.54) is 80.7 Å². The summed E-state index contributed by atoms with van der Waals surface area (Å²) in [6.07, 6.45) is 0. The smallest absolute Gasteiger partial charge is 0.155 e. The minimum absolute atomic E-state index is 0.514. The van der Waals surface area contributed by atoms with E-state index < -0.39 is 5.41 Å². The maximum atomic E-state index is 6.99. The van der Waals surface area contributed by atoms with Crippen LogP contribution in [-0.2, 0) is 5.41 Å². The Labute approximate surface area is 316 Å². The van der Waals surface area contributed by atoms with Crippen LogP contribution in [0.3, 0.4) is 0 Å². The molecule has 252 valence electrons. The van der Waals surface area contributed by atoms with Crippen LogP contribution in [0, 0.1) is 0 Å². The van der Waals surface area contributed by atoms with Gasteiger partial charge in [-0.05, 0) is 91.8 Å². The number of ether oxygens (including phenoxy) is 1. The molecule has 0 atom stereocenters. The van der Waals surface area contributed by atoms with Crippen molar-refractivity contribution in [2.24, 2.45) is 0 Å². The summed E-state index contributed by atoms with van der Waals surface area (Å²) in [6.45, 7) is 0. The minimum atomic E-state index is -0.514. The van der Waals surface area contributed by atoms with E-state index in [1.54, 1.807) is 0 Å². The third kappa shape index (κ3) is 4.10. The Morgan fingerprint density at radius 3 is 1.85 bits per heavy atom. The molecule has 3 heteroatoms. The highest BCUT2D eigenvalue weighted by atomic mass is 32.1. The zero-order valence-electron chi connectivity index (χ0n) is 29.1. The van der Waals surface area contributed by atoms with Gasteiger partial charge in [-0.1, -0.05) is 140 Å². The third-order valence-electron chi connectivity index (χ3n) is 11.7. The fourth-order valence-corrected chi connectivity index (χ4v) is 10.6. The highest BCUT2D eigenvalue weighted by Crippen LogP contribution is 2.63. The number of thiophene rings is 1. The fraction of sp³-hybridized carbons (Fsp3) is 0.0196. The lowest BCUT2D eigenvalue weighted by atomic mass is 9.66. The summed E-state index contributed by atoms with van der Waals surface area (Å²) in [6, 6.07) is 66.5. The molecule has 1 aliphatic heterocycles. The van der Waals surface area contributed by atoms with Crippen LogP contribution in [-0.4, -0.2) is 0 Å². The van der Waals surface area contributed by atoms with Crippen molar-refractivity contribution in [3.8, 4) is 33.8 Å². The lowest BCUT2D eigenvalue weighted by Gasteiger charge is -2.40. The molecule has 54 heavy (non-hydrogen) atoms. The van der Waals surface area contributed by atoms with Crippen molar-refractivity contribution >= 4 is 64.4 Å². The molecule has 0 radical (unpaired) electrons. The van der Waals surface area contributed by atoms with Crippen LogP contribution in [0.5, 0.6) is 11.5 Å². The number of nitrogens with one attached hydrogen (secondary N) is 1. The summed E-state index contributed by atoms with van der Waals surface area (Å²) in [5, 5.41) is 11.4. The van der Waals surface area contributed by atoms with Crippen LogP contribution in [0.15, 0.2) is 182 Å². The van der Waals surface area contributed by atoms with Gasteiger partial charge in [0.25, 0.3) is 0 Å². The highest BCUT2D eigenvalue weighted by molar-refractivity contribution is 7.26. The first-order valence-electron chi connectivity index (χ1n) is 18.5. The van der Waals surface area contributed by atoms with Gasteiger partial charge in [0.2, 0.25) is 0 Å². The van der Waals surface area contributed by atoms with Gasteiger partial charge in [0.05, 0.1) is 11.1 Å². The van der Waals surface area contributed by atoms with E-state index in [-0.39, 0.29) is 0 Å². The molecule has 1 N–H and O–H groups in total. The largest absolute Gasteiger partial charge is 0.454 e. The number of hydrogen-bond acceptors (Lipinski definition) is 3. The quantitative estimate of drug-likeness (QED) is 0.198. The van der Waals surface area contributed by atoms with Crippen molar-refractivity contribution < 1.29 is 4.74 Å². The first kappa shape index (κ1) is 29.9. The Kier molecular flexibility index (Phi) is 6.17. The topological polar surface area (TPSA) is 21.3 Å². The zero-order valence-corrected chi connectivity index (χ0v) is 30.0. The Morgan fingerprint density at radius 1 is 0.444 bits per heavy atom. The van der Waals surface area contributed by atoms with Gasteiger partial charge in [0.15, 0.2) is 5.75 Å². The summed E-state index contributed by atoms with van der Waals surface area (Å²) in [4.78, 5) is 0. The molecule has 10 aromatic rings. The van der Waals surface area contributed by atoms with Gasteiger partial charge < -0.3 is 10.1 Å². The maximum Gasteiger partial charge on any atom is 0.155 e. The van der Waals surface area contributed by atoms with E-state index in [1.807, 2.05) is 11.3 Å². The van der Waals surface area contributed by atoms with E-state index in [0.717, 1.165) is 28.4 Å². The van der Waals surface area contributed by atoms with Crippen LogP contribution in [0.1, 0.15) is 22.3 Å². The Balaban J connectivity index is 1.10. The highest BCUT2D eigenvalue weighted by Gasteiger charge is 2.51. The standard InChI is InChI=1S/C51H31NOS/c1-2-13-32-26-35(25-24-31(32)12-1)39-29-36(30-41-40-27-33-14-3-4-15-34(33)28-48(40)54-50(39)41)52-46-22-11-21-45-49(46)53-47-23-10-9-20-44(47)51(45)42-18-7-5-16-37(42)38-17-6-8-19-43(38)51/h1-30,52H. The first-order valence-corrected chi connectivity index (χ1v) is 19.3. The number of rotatable bonds is 3. The number of anilines is 2. The molecule has 0 fully saturated rings. The second-order valence-corrected chi connectivity index (χ2v) is 15.6. The molecule has 0 saturated heterocycles. The maximum absolute atomic E-state index is 6.99. The van der Waals surface area contributed by atoms with Gasteiger partial charge in [-0.3, -0.25) is 0 Å². The monoisotopic (exact) mass is 705 g/mol. The molecule has 0 amide bonds. The van der Waals surface area contributed by atoms with Gasteiger partial charge >= 0.3 is 0 Å². The SMILES string of the molecule is c1ccc2c(c1)Oc1c(Nc3cc(-c4ccc5ccccc5c4)c4sc5cc6ccccc6cc5c4c3)cccc1C21c2ccccc2-c2ccccc21. The van der Waals surface area contributed by atoms with Gasteiger partial charge in [0.1, 0.15) is 5.75 Å². The Morgan fingerprint density at radius 2 is 1.07 bits per heavy atom. The Hall–Kier alpha value is -6.68. The molecule has 9 aromatic carbocycles. The molecule has 12 rings (SSSR count). The van der Waals surface area contributed by atoms with Crippen molar-refractivity contribution in [2.75, 3.05) is 5.32 Å². The van der Waals surface area contributed by atoms with Crippen LogP contribution in [0.2, 0.25) is 0 Å². The molecular weight excluding hydrogens is 675 g/mol. The molecule has 2 heterocycles. The summed E-state index contributed by atoms with van der Waals surface area (Å²) in [5.41, 5.74) is 11.3. The molecule has 0 bridgehead atoms. The predicted molar refractivity (Wildman–Crippen MR) is 227 cm³/mol. The predicted octanol–water partition coefficient (Wildman–Crippen LogP) is 14.2. The molecule has 0 unspecified atom stereocenters. The van der Waals surface area contributed by atoms with Gasteiger partial charge in [-0.25, -0.2) is 0 Å². The number of hydrogen-bond donors (Lipinski definition) is 1. The Bertz CT molecular complexity index is 3140. The van der Waals surface area contributed by atoms with E-state index in [0.29, 0.717) is 0 Å². The molecule has 1 aliphatic carbocycles. The number of benzene rings is 9. The van der Waals surface area contributed by atoms with Crippen molar-refractivity contribution in [2.45, 2.75) is 5.41 Å². The number of para-hydroxylation sites is 2. The van der Waals surface area contributed by atoms with Crippen molar-refractivity contribution in [3.05, 3.63) is 204 Å². The molecule has 2 aliphatic rings. The molecule has 2 nitrogen and oxygen atoms in total. The minimum Gasteiger partial charge on any atom is -0.454 e. The van der Waals surface area contributed by atoms with Crippen LogP contribution >= 0.6 is 11.3 Å². The van der Waals surface area contributed by atoms with Crippen LogP contribution in [0.4, 0.5) is 11.4 Å². The van der Waals surface area contributed by atoms with Crippen LogP contribution in [0.25, 0.3) is 64.0 Å². The average molecular weight is 706 g/mol. The van der Waals surface area contributed by atoms with E-state index in [4.69, 9.17) is 4.74 Å². The van der Waals surface area contributed by atoms with E-state index in [9.17, 15) is 0 Å². The fourth-order valence-electron chi connectivity index (χ4n) is 9.34. The second-order valence-electron chi connectivity index (χ2n) is 14.5. The summed E-state index contributed by atoms with van der Waals surface area (Å²) in [5.74, 6) is 1.74. The molecular formula is C51H31NOS.